The van der Waals surface area contributed by atoms with Gasteiger partial charge in [-0.1, -0.05) is 31.6 Å². The van der Waals surface area contributed by atoms with E-state index >= 15 is 0 Å². The maximum atomic E-state index is 13.2. The highest BCUT2D eigenvalue weighted by Gasteiger charge is 2.65. The van der Waals surface area contributed by atoms with Gasteiger partial charge in [-0.15, -0.1) is 0 Å². The Balaban J connectivity index is 1.36. The van der Waals surface area contributed by atoms with Gasteiger partial charge in [-0.3, -0.25) is 4.21 Å². The number of nitrogens with one attached hydrogen (secondary N) is 1. The van der Waals surface area contributed by atoms with Gasteiger partial charge in [0.2, 0.25) is 5.95 Å². The van der Waals surface area contributed by atoms with E-state index in [1.54, 1.807) is 0 Å². The number of fused-ring (bicyclic) bond motifs is 1. The largest absolute Gasteiger partial charge is 0.394 e. The molecule has 3 heterocycles. The lowest BCUT2D eigenvalue weighted by atomic mass is 9.77. The van der Waals surface area contributed by atoms with Crippen LogP contribution in [0.3, 0.4) is 0 Å². The zero-order valence-electron chi connectivity index (χ0n) is 20.7. The molecule has 1 aromatic carbocycles. The summed E-state index contributed by atoms with van der Waals surface area (Å²) in [5.41, 5.74) is 0.830. The summed E-state index contributed by atoms with van der Waals surface area (Å²) < 4.78 is 78.0. The van der Waals surface area contributed by atoms with Crippen LogP contribution in [0.2, 0.25) is 0 Å². The Bertz CT molecular complexity index is 1240. The number of hydrogen-bond acceptors (Lipinski definition) is 6. The molecule has 2 N–H and O–H groups in total. The number of anilines is 2. The maximum Gasteiger partial charge on any atom is 0.310 e. The first kappa shape index (κ1) is 26.6. The fourth-order valence-electron chi connectivity index (χ4n) is 5.36. The van der Waals surface area contributed by atoms with Gasteiger partial charge in [-0.05, 0) is 69.6 Å². The van der Waals surface area contributed by atoms with Crippen LogP contribution in [0.4, 0.5) is 31.2 Å². The molecule has 0 radical (unpaired) electrons. The van der Waals surface area contributed by atoms with Gasteiger partial charge in [0.15, 0.2) is 0 Å². The van der Waals surface area contributed by atoms with Crippen molar-refractivity contribution in [2.24, 2.45) is 0 Å². The third-order valence-corrected chi connectivity index (χ3v) is 10.9. The molecule has 0 unspecified atom stereocenters. The molecule has 1 aromatic heterocycles. The smallest absolute Gasteiger partial charge is 0.310 e. The number of rotatable bonds is 6. The Morgan fingerprint density at radius 3 is 2.22 bits per heavy atom. The highest BCUT2D eigenvalue weighted by atomic mass is 32.5. The molecule has 1 saturated heterocycles. The minimum atomic E-state index is -9.69. The Hall–Kier alpha value is -1.99. The fourth-order valence-corrected chi connectivity index (χ4v) is 7.43. The minimum Gasteiger partial charge on any atom is -0.394 e. The summed E-state index contributed by atoms with van der Waals surface area (Å²) in [5.74, 6) is 0.902. The molecule has 1 atom stereocenters. The highest BCUT2D eigenvalue weighted by Crippen LogP contribution is 3.02. The van der Waals surface area contributed by atoms with Crippen molar-refractivity contribution in [2.75, 3.05) is 29.9 Å². The molecule has 6 nitrogen and oxygen atoms in total. The Morgan fingerprint density at radius 1 is 1.08 bits per heavy atom. The summed E-state index contributed by atoms with van der Waals surface area (Å²) in [6, 6.07) is 3.24. The summed E-state index contributed by atoms with van der Waals surface area (Å²) in [7, 11) is -11.0. The monoisotopic (exact) mass is 566 g/mol. The van der Waals surface area contributed by atoms with Crippen LogP contribution in [0.15, 0.2) is 34.1 Å². The fraction of sp³-hybridized carbons (Fsp3) is 0.583. The number of nitrogens with zero attached hydrogens (tertiary/aromatic N) is 3. The van der Waals surface area contributed by atoms with Crippen molar-refractivity contribution in [3.8, 4) is 0 Å². The number of halogens is 5. The second-order valence-corrected chi connectivity index (χ2v) is 15.5. The standard InChI is InChI=1S/C24H31F5N4O2S2/c1-23(2)14-19-20(36(23)35)21(32-24(15-34)10-3-11-24)31-22(30-19)33-12-8-17(9-13-33)16-4-6-18(7-5-16)37(25,26,27,28)29/h4-7,17,34H,3,8-15H2,1-2H3,(H,30,31,32)/t36-/m0/s1. The normalized spacial score (nSPS) is 25.1. The molecule has 13 heteroatoms. The van der Waals surface area contributed by atoms with Gasteiger partial charge >= 0.3 is 10.2 Å². The van der Waals surface area contributed by atoms with E-state index in [2.05, 4.69) is 5.32 Å². The molecule has 0 amide bonds. The molecule has 0 bridgehead atoms. The number of benzene rings is 1. The third kappa shape index (κ3) is 5.06. The molecule has 37 heavy (non-hydrogen) atoms. The first-order chi connectivity index (χ1) is 17.0. The zero-order chi connectivity index (χ0) is 26.9. The number of aliphatic hydroxyl groups excluding tert-OH is 1. The van der Waals surface area contributed by atoms with Crippen LogP contribution < -0.4 is 10.2 Å². The van der Waals surface area contributed by atoms with Crippen LogP contribution in [0.25, 0.3) is 0 Å². The minimum absolute atomic E-state index is 0.0522. The van der Waals surface area contributed by atoms with E-state index in [0.29, 0.717) is 66.7 Å². The van der Waals surface area contributed by atoms with Crippen LogP contribution >= 0.6 is 10.2 Å². The van der Waals surface area contributed by atoms with Crippen molar-refractivity contribution < 1.29 is 28.7 Å². The SMILES string of the molecule is CC1(C)Cc2nc(N3CCC(c4ccc(S(F)(F)(F)(F)F)cc4)CC3)nc(NC3(CO)CCC3)c2[S@@]1=O. The van der Waals surface area contributed by atoms with E-state index in [1.807, 2.05) is 18.7 Å². The Kier molecular flexibility index (Phi) is 5.76. The average Bonchev–Trinajstić information content (AvgIpc) is 3.03. The van der Waals surface area contributed by atoms with Crippen molar-refractivity contribution in [1.82, 2.24) is 9.97 Å². The Morgan fingerprint density at radius 2 is 1.70 bits per heavy atom. The van der Waals surface area contributed by atoms with Crippen molar-refractivity contribution in [1.29, 1.82) is 0 Å². The van der Waals surface area contributed by atoms with Crippen molar-refractivity contribution in [3.63, 3.8) is 0 Å². The van der Waals surface area contributed by atoms with Crippen molar-refractivity contribution in [3.05, 3.63) is 35.5 Å². The van der Waals surface area contributed by atoms with Crippen LogP contribution in [-0.4, -0.2) is 49.3 Å². The summed E-state index contributed by atoms with van der Waals surface area (Å²) >= 11 is 0. The molecule has 3 aliphatic rings. The van der Waals surface area contributed by atoms with E-state index in [9.17, 15) is 28.7 Å². The van der Waals surface area contributed by atoms with E-state index < -0.39 is 36.2 Å². The molecular weight excluding hydrogens is 535 g/mol. The lowest BCUT2D eigenvalue weighted by molar-refractivity contribution is 0.143. The van der Waals surface area contributed by atoms with Crippen LogP contribution in [0, 0.1) is 0 Å². The number of aromatic nitrogens is 2. The first-order valence-electron chi connectivity index (χ1n) is 12.3. The van der Waals surface area contributed by atoms with Gasteiger partial charge in [-0.2, -0.15) is 4.98 Å². The lowest BCUT2D eigenvalue weighted by Gasteiger charge is -2.42. The molecule has 1 saturated carbocycles. The third-order valence-electron chi connectivity index (χ3n) is 7.78. The maximum absolute atomic E-state index is 13.2. The quantitative estimate of drug-likeness (QED) is 0.401. The number of piperidine rings is 1. The van der Waals surface area contributed by atoms with Crippen molar-refractivity contribution in [2.45, 2.75) is 78.4 Å². The van der Waals surface area contributed by atoms with Gasteiger partial charge in [0.1, 0.15) is 15.6 Å². The van der Waals surface area contributed by atoms with Crippen molar-refractivity contribution >= 4 is 32.8 Å². The van der Waals surface area contributed by atoms with Crippen LogP contribution in [0.5, 0.6) is 0 Å². The van der Waals surface area contributed by atoms with Gasteiger partial charge in [-0.25, -0.2) is 4.98 Å². The molecule has 2 aliphatic heterocycles. The molecule has 2 aromatic rings. The van der Waals surface area contributed by atoms with Gasteiger partial charge in [0.05, 0.1) is 33.4 Å². The first-order valence-corrected chi connectivity index (χ1v) is 15.4. The zero-order valence-corrected chi connectivity index (χ0v) is 22.3. The summed E-state index contributed by atoms with van der Waals surface area (Å²) in [5, 5.41) is 13.3. The van der Waals surface area contributed by atoms with E-state index in [-0.39, 0.29) is 12.5 Å². The predicted molar refractivity (Wildman–Crippen MR) is 136 cm³/mol. The second-order valence-electron chi connectivity index (χ2n) is 11.1. The predicted octanol–water partition coefficient (Wildman–Crippen LogP) is 6.29. The highest BCUT2D eigenvalue weighted by molar-refractivity contribution is 8.45. The van der Waals surface area contributed by atoms with E-state index in [0.717, 1.165) is 37.1 Å². The molecule has 0 spiro atoms. The molecule has 2 fully saturated rings. The summed E-state index contributed by atoms with van der Waals surface area (Å²) in [4.78, 5) is 10.2. The van der Waals surface area contributed by atoms with E-state index in [4.69, 9.17) is 9.97 Å². The molecular formula is C24H31F5N4O2S2. The summed E-state index contributed by atoms with van der Waals surface area (Å²) in [6.45, 7) is 4.86. The van der Waals surface area contributed by atoms with Gasteiger partial charge < -0.3 is 15.3 Å². The Labute approximate surface area is 215 Å². The van der Waals surface area contributed by atoms with E-state index in [1.165, 1.54) is 0 Å². The topological polar surface area (TPSA) is 78.3 Å². The lowest BCUT2D eigenvalue weighted by Crippen LogP contribution is -2.49. The van der Waals surface area contributed by atoms with Gasteiger partial charge in [0, 0.05) is 19.5 Å². The molecule has 206 valence electrons. The van der Waals surface area contributed by atoms with Crippen LogP contribution in [0.1, 0.15) is 63.1 Å². The number of hydrogen-bond donors (Lipinski definition) is 2. The molecule has 1 aliphatic carbocycles. The second kappa shape index (κ2) is 8.01. The van der Waals surface area contributed by atoms with Crippen LogP contribution in [-0.2, 0) is 17.2 Å². The number of aliphatic hydroxyl groups is 1. The molecule has 5 rings (SSSR count). The average molecular weight is 567 g/mol. The van der Waals surface area contributed by atoms with Gasteiger partial charge in [0.25, 0.3) is 0 Å². The summed E-state index contributed by atoms with van der Waals surface area (Å²) in [6.07, 6.45) is 4.28.